The molecule has 116 valence electrons. The van der Waals surface area contributed by atoms with Gasteiger partial charge in [-0.3, -0.25) is 9.78 Å². The molecule has 1 aromatic carbocycles. The summed E-state index contributed by atoms with van der Waals surface area (Å²) in [5.74, 6) is -0.104. The fourth-order valence-corrected chi connectivity index (χ4v) is 3.09. The third kappa shape index (κ3) is 4.02. The van der Waals surface area contributed by atoms with Crippen molar-refractivity contribution in [1.82, 2.24) is 15.3 Å². The molecule has 0 aliphatic rings. The summed E-state index contributed by atoms with van der Waals surface area (Å²) in [6, 6.07) is 11.8. The zero-order valence-corrected chi connectivity index (χ0v) is 13.6. The molecule has 3 aromatic rings. The van der Waals surface area contributed by atoms with Crippen molar-refractivity contribution in [3.63, 3.8) is 0 Å². The maximum Gasteiger partial charge on any atom is 0.252 e. The van der Waals surface area contributed by atoms with Gasteiger partial charge in [0.25, 0.3) is 5.91 Å². The van der Waals surface area contributed by atoms with E-state index in [1.54, 1.807) is 35.9 Å². The lowest BCUT2D eigenvalue weighted by molar-refractivity contribution is 0.0953. The summed E-state index contributed by atoms with van der Waals surface area (Å²) in [6.45, 7) is 2.64. The minimum absolute atomic E-state index is 0.104. The zero-order valence-electron chi connectivity index (χ0n) is 12.8. The maximum atomic E-state index is 11.9. The van der Waals surface area contributed by atoms with E-state index >= 15 is 0 Å². The first-order chi connectivity index (χ1) is 11.2. The number of aromatic nitrogens is 2. The molecule has 23 heavy (non-hydrogen) atoms. The Morgan fingerprint density at radius 3 is 2.96 bits per heavy atom. The lowest BCUT2D eigenvalue weighted by Crippen LogP contribution is -2.25. The van der Waals surface area contributed by atoms with E-state index in [1.807, 2.05) is 11.4 Å². The van der Waals surface area contributed by atoms with E-state index < -0.39 is 0 Å². The summed E-state index contributed by atoms with van der Waals surface area (Å²) in [5, 5.41) is 5.96. The van der Waals surface area contributed by atoms with Crippen LogP contribution in [0.25, 0.3) is 10.6 Å². The largest absolute Gasteiger partial charge is 0.352 e. The SMILES string of the molecule is Cc1cccc(-c2nc(CCNC(=O)c3cccnc3)cs2)c1. The Morgan fingerprint density at radius 2 is 2.17 bits per heavy atom. The van der Waals surface area contributed by atoms with Gasteiger partial charge in [0.2, 0.25) is 0 Å². The number of thiazole rings is 1. The average Bonchev–Trinajstić information content (AvgIpc) is 3.04. The molecular weight excluding hydrogens is 306 g/mol. The van der Waals surface area contributed by atoms with E-state index in [2.05, 4.69) is 40.4 Å². The molecule has 0 unspecified atom stereocenters. The predicted molar refractivity (Wildman–Crippen MR) is 92.6 cm³/mol. The molecule has 0 atom stereocenters. The third-order valence-electron chi connectivity index (χ3n) is 3.41. The Kier molecular flexibility index (Phi) is 4.78. The van der Waals surface area contributed by atoms with Gasteiger partial charge in [0.15, 0.2) is 0 Å². The van der Waals surface area contributed by atoms with Crippen LogP contribution >= 0.6 is 11.3 Å². The van der Waals surface area contributed by atoms with E-state index in [1.165, 1.54) is 5.56 Å². The van der Waals surface area contributed by atoms with Gasteiger partial charge in [-0.05, 0) is 25.1 Å². The van der Waals surface area contributed by atoms with Crippen molar-refractivity contribution in [2.24, 2.45) is 0 Å². The summed E-state index contributed by atoms with van der Waals surface area (Å²) in [5.41, 5.74) is 3.94. The highest BCUT2D eigenvalue weighted by atomic mass is 32.1. The highest BCUT2D eigenvalue weighted by Crippen LogP contribution is 2.24. The van der Waals surface area contributed by atoms with E-state index in [-0.39, 0.29) is 5.91 Å². The number of amides is 1. The van der Waals surface area contributed by atoms with E-state index in [0.29, 0.717) is 18.5 Å². The molecule has 2 heterocycles. The molecule has 0 aliphatic heterocycles. The summed E-state index contributed by atoms with van der Waals surface area (Å²) >= 11 is 1.63. The van der Waals surface area contributed by atoms with E-state index in [9.17, 15) is 4.79 Å². The Hall–Kier alpha value is -2.53. The molecule has 1 amide bonds. The average molecular weight is 323 g/mol. The van der Waals surface area contributed by atoms with E-state index in [4.69, 9.17) is 0 Å². The Morgan fingerprint density at radius 1 is 1.26 bits per heavy atom. The fraction of sp³-hybridized carbons (Fsp3) is 0.167. The lowest BCUT2D eigenvalue weighted by Gasteiger charge is -2.03. The van der Waals surface area contributed by atoms with Gasteiger partial charge < -0.3 is 5.32 Å². The van der Waals surface area contributed by atoms with Crippen molar-refractivity contribution in [1.29, 1.82) is 0 Å². The van der Waals surface area contributed by atoms with Gasteiger partial charge in [0.05, 0.1) is 11.3 Å². The topological polar surface area (TPSA) is 54.9 Å². The molecule has 3 rings (SSSR count). The van der Waals surface area contributed by atoms with Crippen molar-refractivity contribution < 1.29 is 4.79 Å². The number of carbonyl (C=O) groups is 1. The molecule has 0 aliphatic carbocycles. The first kappa shape index (κ1) is 15.4. The zero-order chi connectivity index (χ0) is 16.1. The summed E-state index contributed by atoms with van der Waals surface area (Å²) in [6.07, 6.45) is 3.93. The van der Waals surface area contributed by atoms with Crippen LogP contribution in [0.2, 0.25) is 0 Å². The number of rotatable bonds is 5. The Balaban J connectivity index is 1.57. The van der Waals surface area contributed by atoms with Crippen molar-refractivity contribution in [3.8, 4) is 10.6 Å². The fourth-order valence-electron chi connectivity index (χ4n) is 2.24. The first-order valence-corrected chi connectivity index (χ1v) is 8.30. The highest BCUT2D eigenvalue weighted by molar-refractivity contribution is 7.13. The molecule has 0 bridgehead atoms. The lowest BCUT2D eigenvalue weighted by atomic mass is 10.1. The molecule has 4 nitrogen and oxygen atoms in total. The van der Waals surface area contributed by atoms with Crippen LogP contribution < -0.4 is 5.32 Å². The number of hydrogen-bond acceptors (Lipinski definition) is 4. The number of hydrogen-bond donors (Lipinski definition) is 1. The van der Waals surface area contributed by atoms with Gasteiger partial charge in [0.1, 0.15) is 5.01 Å². The second-order valence-electron chi connectivity index (χ2n) is 5.26. The quantitative estimate of drug-likeness (QED) is 0.782. The van der Waals surface area contributed by atoms with Gasteiger partial charge >= 0.3 is 0 Å². The van der Waals surface area contributed by atoms with Gasteiger partial charge in [-0.1, -0.05) is 23.8 Å². The van der Waals surface area contributed by atoms with Gasteiger partial charge in [-0.15, -0.1) is 11.3 Å². The Bertz CT molecular complexity index is 799. The van der Waals surface area contributed by atoms with Crippen molar-refractivity contribution in [3.05, 3.63) is 71.0 Å². The molecule has 2 aromatic heterocycles. The normalized spacial score (nSPS) is 10.5. The molecular formula is C18H17N3OS. The summed E-state index contributed by atoms with van der Waals surface area (Å²) in [4.78, 5) is 20.5. The number of aryl methyl sites for hydroxylation is 1. The highest BCUT2D eigenvalue weighted by Gasteiger charge is 2.07. The van der Waals surface area contributed by atoms with Crippen molar-refractivity contribution in [2.75, 3.05) is 6.54 Å². The van der Waals surface area contributed by atoms with Gasteiger partial charge in [0, 0.05) is 36.3 Å². The van der Waals surface area contributed by atoms with Crippen LogP contribution in [-0.2, 0) is 6.42 Å². The van der Waals surface area contributed by atoms with Crippen LogP contribution in [0.4, 0.5) is 0 Å². The monoisotopic (exact) mass is 323 g/mol. The third-order valence-corrected chi connectivity index (χ3v) is 4.35. The van der Waals surface area contributed by atoms with Crippen LogP contribution in [0, 0.1) is 6.92 Å². The van der Waals surface area contributed by atoms with Crippen LogP contribution in [-0.4, -0.2) is 22.4 Å². The van der Waals surface area contributed by atoms with Gasteiger partial charge in [-0.2, -0.15) is 0 Å². The van der Waals surface area contributed by atoms with Crippen LogP contribution in [0.3, 0.4) is 0 Å². The second-order valence-corrected chi connectivity index (χ2v) is 6.12. The van der Waals surface area contributed by atoms with Crippen LogP contribution in [0.15, 0.2) is 54.2 Å². The molecule has 0 fully saturated rings. The maximum absolute atomic E-state index is 11.9. The molecule has 0 radical (unpaired) electrons. The van der Waals surface area contributed by atoms with Crippen molar-refractivity contribution in [2.45, 2.75) is 13.3 Å². The first-order valence-electron chi connectivity index (χ1n) is 7.42. The predicted octanol–water partition coefficient (Wildman–Crippen LogP) is 3.49. The van der Waals surface area contributed by atoms with E-state index in [0.717, 1.165) is 16.3 Å². The smallest absolute Gasteiger partial charge is 0.252 e. The number of nitrogens with one attached hydrogen (secondary N) is 1. The molecule has 0 spiro atoms. The summed E-state index contributed by atoms with van der Waals surface area (Å²) < 4.78 is 0. The minimum atomic E-state index is -0.104. The number of benzene rings is 1. The molecule has 0 saturated carbocycles. The van der Waals surface area contributed by atoms with Crippen LogP contribution in [0.5, 0.6) is 0 Å². The molecule has 5 heteroatoms. The van der Waals surface area contributed by atoms with Crippen LogP contribution in [0.1, 0.15) is 21.6 Å². The molecule has 0 saturated heterocycles. The molecule has 1 N–H and O–H groups in total. The number of nitrogens with zero attached hydrogens (tertiary/aromatic N) is 2. The Labute approximate surface area is 139 Å². The standard InChI is InChI=1S/C18H17N3OS/c1-13-4-2-5-14(10-13)18-21-16(12-23-18)7-9-20-17(22)15-6-3-8-19-11-15/h2-6,8,10-12H,7,9H2,1H3,(H,20,22). The number of pyridine rings is 1. The number of carbonyl (C=O) groups excluding carboxylic acids is 1. The second kappa shape index (κ2) is 7.15. The summed E-state index contributed by atoms with van der Waals surface area (Å²) in [7, 11) is 0. The minimum Gasteiger partial charge on any atom is -0.352 e. The van der Waals surface area contributed by atoms with Crippen molar-refractivity contribution >= 4 is 17.2 Å². The van der Waals surface area contributed by atoms with Gasteiger partial charge in [-0.25, -0.2) is 4.98 Å².